The maximum Gasteiger partial charge on any atom is 0.0717 e. The summed E-state index contributed by atoms with van der Waals surface area (Å²) in [6.07, 6.45) is 14.2. The van der Waals surface area contributed by atoms with Crippen LogP contribution in [-0.4, -0.2) is 13.2 Å². The van der Waals surface area contributed by atoms with Gasteiger partial charge in [0.05, 0.1) is 26.4 Å². The van der Waals surface area contributed by atoms with E-state index in [1.165, 1.54) is 44.5 Å². The van der Waals surface area contributed by atoms with Crippen molar-refractivity contribution in [3.05, 3.63) is 297 Å². The van der Waals surface area contributed by atoms with E-state index in [-0.39, 0.29) is 0 Å². The van der Waals surface area contributed by atoms with Gasteiger partial charge in [-0.2, -0.15) is 0 Å². The van der Waals surface area contributed by atoms with E-state index in [2.05, 4.69) is 281 Å². The van der Waals surface area contributed by atoms with Gasteiger partial charge in [0.1, 0.15) is 0 Å². The maximum absolute atomic E-state index is 6.04. The van der Waals surface area contributed by atoms with Crippen molar-refractivity contribution in [1.29, 1.82) is 0 Å². The lowest BCUT2D eigenvalue weighted by Crippen LogP contribution is -2.10. The van der Waals surface area contributed by atoms with Crippen LogP contribution in [0.2, 0.25) is 0 Å². The van der Waals surface area contributed by atoms with Gasteiger partial charge >= 0.3 is 0 Å². The fourth-order valence-corrected chi connectivity index (χ4v) is 9.13. The molecule has 0 aliphatic rings. The first-order valence-corrected chi connectivity index (χ1v) is 26.4. The molecule has 9 aromatic carbocycles. The van der Waals surface area contributed by atoms with Crippen molar-refractivity contribution in [3.63, 3.8) is 0 Å². The summed E-state index contributed by atoms with van der Waals surface area (Å²) in [6.45, 7) is 18.9. The van der Waals surface area contributed by atoms with E-state index >= 15 is 0 Å². The number of hydrogen-bond donors (Lipinski definition) is 0. The molecule has 378 valence electrons. The van der Waals surface area contributed by atoms with Gasteiger partial charge in [-0.15, -0.1) is 0 Å². The highest BCUT2D eigenvalue weighted by Crippen LogP contribution is 2.38. The van der Waals surface area contributed by atoms with E-state index in [1.54, 1.807) is 0 Å². The van der Waals surface area contributed by atoms with E-state index in [0.29, 0.717) is 26.4 Å². The number of benzene rings is 9. The molecule has 0 atom stereocenters. The zero-order valence-electron chi connectivity index (χ0n) is 44.5. The Hall–Kier alpha value is -8.54. The largest absolute Gasteiger partial charge is 0.376 e. The number of hydrogen-bond acceptors (Lipinski definition) is 4. The van der Waals surface area contributed by atoms with Gasteiger partial charge in [0.15, 0.2) is 0 Å². The van der Waals surface area contributed by atoms with Gasteiger partial charge in [-0.3, -0.25) is 0 Å². The van der Waals surface area contributed by atoms with Gasteiger partial charge < -0.3 is 19.3 Å². The third-order valence-corrected chi connectivity index (χ3v) is 14.1. The first-order valence-electron chi connectivity index (χ1n) is 26.4. The van der Waals surface area contributed by atoms with E-state index in [4.69, 9.17) is 9.47 Å². The molecule has 0 fully saturated rings. The molecule has 4 nitrogen and oxygen atoms in total. The smallest absolute Gasteiger partial charge is 0.0717 e. The molecule has 0 aromatic heterocycles. The standard InChI is InChI=1S/C72H68N2O2/c1-7-57-14-22-65(23-15-57)51-75-46-44-61-30-40-69(41-31-61)73(71-34-12-53(3)55(5)48-71)67-36-26-59(27-37-67)18-20-63-10-9-11-64(50-63)21-19-60-28-38-68(39-29-60)74(72-35-13-54(4)56(6)49-72)70-42-32-62(33-43-70)45-47-76-52-66-24-16-58(8-2)17-25-66/h7-43,48-50H,1-2,44-47,51-52H2,3-6H3. The Kier molecular flexibility index (Phi) is 17.6. The highest BCUT2D eigenvalue weighted by Gasteiger charge is 2.15. The van der Waals surface area contributed by atoms with Crippen LogP contribution in [0.5, 0.6) is 0 Å². The molecule has 0 spiro atoms. The normalized spacial score (nSPS) is 11.3. The summed E-state index contributed by atoms with van der Waals surface area (Å²) < 4.78 is 12.1. The molecule has 0 amide bonds. The number of nitrogens with zero attached hydrogens (tertiary/aromatic N) is 2. The first-order chi connectivity index (χ1) is 37.2. The SMILES string of the molecule is C=Cc1ccc(COCCc2ccc(N(c3ccc(C=Cc4cccc(C=Cc5ccc(N(c6ccc(CCOCc7ccc(C=C)cc7)cc6)c6ccc(C)c(C)c6)cc5)c4)cc3)c3ccc(C)c(C)c3)cc2)cc1. The van der Waals surface area contributed by atoms with Gasteiger partial charge in [-0.05, 0) is 197 Å². The summed E-state index contributed by atoms with van der Waals surface area (Å²) in [6, 6.07) is 74.1. The van der Waals surface area contributed by atoms with Gasteiger partial charge in [-0.1, -0.05) is 177 Å². The van der Waals surface area contributed by atoms with Crippen LogP contribution in [0.15, 0.2) is 219 Å². The molecule has 9 rings (SSSR count). The molecule has 0 heterocycles. The minimum atomic E-state index is 0.599. The lowest BCUT2D eigenvalue weighted by molar-refractivity contribution is 0.124. The van der Waals surface area contributed by atoms with Crippen LogP contribution in [0.1, 0.15) is 77.9 Å². The number of aryl methyl sites for hydroxylation is 4. The van der Waals surface area contributed by atoms with Crippen LogP contribution < -0.4 is 9.80 Å². The second-order valence-electron chi connectivity index (χ2n) is 19.6. The quantitative estimate of drug-likeness (QED) is 0.0499. The summed E-state index contributed by atoms with van der Waals surface area (Å²) in [5, 5.41) is 0. The van der Waals surface area contributed by atoms with Gasteiger partial charge in [0.25, 0.3) is 0 Å². The lowest BCUT2D eigenvalue weighted by atomic mass is 10.1. The van der Waals surface area contributed by atoms with Crippen molar-refractivity contribution >= 4 is 70.6 Å². The summed E-state index contributed by atoms with van der Waals surface area (Å²) in [5.41, 5.74) is 23.4. The fraction of sp³-hybridized carbons (Fsp3) is 0.139. The Labute approximate surface area is 451 Å². The molecule has 0 aliphatic carbocycles. The van der Waals surface area contributed by atoms with Crippen LogP contribution >= 0.6 is 0 Å². The molecule has 76 heavy (non-hydrogen) atoms. The molecule has 4 heteroatoms. The topological polar surface area (TPSA) is 24.9 Å². The van der Waals surface area contributed by atoms with Crippen molar-refractivity contribution in [2.75, 3.05) is 23.0 Å². The zero-order chi connectivity index (χ0) is 52.6. The fourth-order valence-electron chi connectivity index (χ4n) is 9.13. The van der Waals surface area contributed by atoms with E-state index < -0.39 is 0 Å². The molecular formula is C72H68N2O2. The Morgan fingerprint density at radius 3 is 0.987 bits per heavy atom. The van der Waals surface area contributed by atoms with Crippen LogP contribution in [0.3, 0.4) is 0 Å². The van der Waals surface area contributed by atoms with Crippen LogP contribution in [0.25, 0.3) is 36.5 Å². The second kappa shape index (κ2) is 25.6. The van der Waals surface area contributed by atoms with Crippen molar-refractivity contribution in [3.8, 4) is 0 Å². The summed E-state index contributed by atoms with van der Waals surface area (Å²) >= 11 is 0. The molecule has 0 unspecified atom stereocenters. The average Bonchev–Trinajstić information content (AvgIpc) is 3.46. The van der Waals surface area contributed by atoms with E-state index in [9.17, 15) is 0 Å². The Morgan fingerprint density at radius 1 is 0.316 bits per heavy atom. The number of ether oxygens (including phenoxy) is 2. The van der Waals surface area contributed by atoms with Crippen molar-refractivity contribution in [2.24, 2.45) is 0 Å². The Morgan fingerprint density at radius 2 is 0.632 bits per heavy atom. The summed E-state index contributed by atoms with van der Waals surface area (Å²) in [5.74, 6) is 0. The molecule has 0 saturated heterocycles. The summed E-state index contributed by atoms with van der Waals surface area (Å²) in [7, 11) is 0. The van der Waals surface area contributed by atoms with Gasteiger partial charge in [0, 0.05) is 34.1 Å². The summed E-state index contributed by atoms with van der Waals surface area (Å²) in [4.78, 5) is 4.67. The van der Waals surface area contributed by atoms with Crippen molar-refractivity contribution in [2.45, 2.75) is 53.8 Å². The minimum absolute atomic E-state index is 0.599. The van der Waals surface area contributed by atoms with E-state index in [1.807, 2.05) is 12.2 Å². The predicted octanol–water partition coefficient (Wildman–Crippen LogP) is 19.0. The molecule has 9 aromatic rings. The van der Waals surface area contributed by atoms with Crippen molar-refractivity contribution in [1.82, 2.24) is 0 Å². The van der Waals surface area contributed by atoms with Crippen LogP contribution in [-0.2, 0) is 35.5 Å². The number of anilines is 6. The highest BCUT2D eigenvalue weighted by atomic mass is 16.5. The second-order valence-corrected chi connectivity index (χ2v) is 19.6. The van der Waals surface area contributed by atoms with Gasteiger partial charge in [-0.25, -0.2) is 0 Å². The van der Waals surface area contributed by atoms with Crippen molar-refractivity contribution < 1.29 is 9.47 Å². The molecular weight excluding hydrogens is 925 g/mol. The maximum atomic E-state index is 6.04. The molecule has 0 saturated carbocycles. The predicted molar refractivity (Wildman–Crippen MR) is 325 cm³/mol. The average molecular weight is 993 g/mol. The minimum Gasteiger partial charge on any atom is -0.376 e. The lowest BCUT2D eigenvalue weighted by Gasteiger charge is -2.26. The van der Waals surface area contributed by atoms with Crippen LogP contribution in [0, 0.1) is 27.7 Å². The van der Waals surface area contributed by atoms with E-state index in [0.717, 1.165) is 80.3 Å². The monoisotopic (exact) mass is 993 g/mol. The zero-order valence-corrected chi connectivity index (χ0v) is 44.5. The van der Waals surface area contributed by atoms with Crippen LogP contribution in [0.4, 0.5) is 34.1 Å². The third kappa shape index (κ3) is 14.0. The highest BCUT2D eigenvalue weighted by molar-refractivity contribution is 5.81. The number of rotatable bonds is 22. The molecule has 0 N–H and O–H groups in total. The first kappa shape index (κ1) is 52.3. The molecule has 0 radical (unpaired) electrons. The Bertz CT molecular complexity index is 3180. The molecule has 0 aliphatic heterocycles. The third-order valence-electron chi connectivity index (χ3n) is 14.1. The van der Waals surface area contributed by atoms with Gasteiger partial charge in [0.2, 0.25) is 0 Å². The Balaban J connectivity index is 0.834. The molecule has 0 bridgehead atoms.